The molecule has 19 heavy (non-hydrogen) atoms. The Bertz CT molecular complexity index is 426. The standard InChI is InChI=1S/C14H21FN2O2/c1-10(16)13-9-17(6-7-19-13)8-11-4-3-5-12(18-2)14(11)15/h3-5,10,13H,6-9,16H2,1-2H3. The molecule has 2 rings (SSSR count). The number of morpholine rings is 1. The second-order valence-corrected chi connectivity index (χ2v) is 4.94. The zero-order valence-corrected chi connectivity index (χ0v) is 11.4. The van der Waals surface area contributed by atoms with Gasteiger partial charge in [0.05, 0.1) is 19.8 Å². The maximum atomic E-state index is 14.1. The van der Waals surface area contributed by atoms with Crippen LogP contribution in [0.3, 0.4) is 0 Å². The molecule has 0 spiro atoms. The molecule has 0 bridgehead atoms. The molecule has 2 unspecified atom stereocenters. The number of ether oxygens (including phenoxy) is 2. The van der Waals surface area contributed by atoms with Gasteiger partial charge in [-0.25, -0.2) is 4.39 Å². The molecule has 0 aromatic heterocycles. The van der Waals surface area contributed by atoms with E-state index in [4.69, 9.17) is 15.2 Å². The van der Waals surface area contributed by atoms with Crippen LogP contribution in [0.25, 0.3) is 0 Å². The number of halogens is 1. The molecule has 0 saturated carbocycles. The van der Waals surface area contributed by atoms with Crippen LogP contribution in [-0.4, -0.2) is 43.9 Å². The van der Waals surface area contributed by atoms with Gasteiger partial charge in [-0.15, -0.1) is 0 Å². The van der Waals surface area contributed by atoms with Crippen LogP contribution in [0.5, 0.6) is 5.75 Å². The minimum atomic E-state index is -0.283. The van der Waals surface area contributed by atoms with Crippen molar-refractivity contribution in [3.05, 3.63) is 29.6 Å². The Kier molecular flexibility index (Phi) is 4.74. The van der Waals surface area contributed by atoms with Crippen LogP contribution in [0.15, 0.2) is 18.2 Å². The van der Waals surface area contributed by atoms with E-state index in [0.29, 0.717) is 18.7 Å². The SMILES string of the molecule is COc1cccc(CN2CCOC(C(C)N)C2)c1F. The molecular weight excluding hydrogens is 247 g/mol. The zero-order valence-electron chi connectivity index (χ0n) is 11.4. The van der Waals surface area contributed by atoms with Crippen LogP contribution >= 0.6 is 0 Å². The number of nitrogens with zero attached hydrogens (tertiary/aromatic N) is 1. The topological polar surface area (TPSA) is 47.7 Å². The van der Waals surface area contributed by atoms with E-state index < -0.39 is 0 Å². The Balaban J connectivity index is 2.04. The summed E-state index contributed by atoms with van der Waals surface area (Å²) in [4.78, 5) is 2.16. The van der Waals surface area contributed by atoms with Gasteiger partial charge in [0.25, 0.3) is 0 Å². The summed E-state index contributed by atoms with van der Waals surface area (Å²) in [6.07, 6.45) is 0.0161. The van der Waals surface area contributed by atoms with Crippen molar-refractivity contribution in [2.24, 2.45) is 5.73 Å². The van der Waals surface area contributed by atoms with E-state index >= 15 is 0 Å². The lowest BCUT2D eigenvalue weighted by Crippen LogP contribution is -2.49. The van der Waals surface area contributed by atoms with Gasteiger partial charge in [-0.3, -0.25) is 4.90 Å². The van der Waals surface area contributed by atoms with Gasteiger partial charge in [0.1, 0.15) is 0 Å². The lowest BCUT2D eigenvalue weighted by Gasteiger charge is -2.34. The van der Waals surface area contributed by atoms with E-state index in [0.717, 1.165) is 13.1 Å². The van der Waals surface area contributed by atoms with Crippen molar-refractivity contribution in [1.29, 1.82) is 0 Å². The molecule has 1 aromatic rings. The number of hydrogen-bond donors (Lipinski definition) is 1. The van der Waals surface area contributed by atoms with Crippen molar-refractivity contribution in [2.75, 3.05) is 26.8 Å². The molecule has 1 aromatic carbocycles. The van der Waals surface area contributed by atoms with Gasteiger partial charge in [0.2, 0.25) is 0 Å². The van der Waals surface area contributed by atoms with Crippen LogP contribution in [0.2, 0.25) is 0 Å². The normalized spacial score (nSPS) is 22.2. The third kappa shape index (κ3) is 3.43. The second-order valence-electron chi connectivity index (χ2n) is 4.94. The van der Waals surface area contributed by atoms with Crippen LogP contribution < -0.4 is 10.5 Å². The Morgan fingerprint density at radius 2 is 2.37 bits per heavy atom. The first-order valence-electron chi connectivity index (χ1n) is 6.52. The average Bonchev–Trinajstić information content (AvgIpc) is 2.41. The molecule has 2 atom stereocenters. The lowest BCUT2D eigenvalue weighted by molar-refractivity contribution is -0.0406. The Hall–Kier alpha value is -1.17. The number of nitrogens with two attached hydrogens (primary N) is 1. The first-order chi connectivity index (χ1) is 9.11. The zero-order chi connectivity index (χ0) is 13.8. The van der Waals surface area contributed by atoms with Crippen LogP contribution in [0, 0.1) is 5.82 Å². The molecule has 1 fully saturated rings. The molecule has 0 aliphatic carbocycles. The monoisotopic (exact) mass is 268 g/mol. The molecule has 5 heteroatoms. The maximum absolute atomic E-state index is 14.1. The molecule has 4 nitrogen and oxygen atoms in total. The van der Waals surface area contributed by atoms with Crippen molar-refractivity contribution < 1.29 is 13.9 Å². The Morgan fingerprint density at radius 1 is 1.58 bits per heavy atom. The minimum absolute atomic E-state index is 0.0158. The highest BCUT2D eigenvalue weighted by molar-refractivity contribution is 5.31. The van der Waals surface area contributed by atoms with Crippen molar-refractivity contribution in [1.82, 2.24) is 4.90 Å². The van der Waals surface area contributed by atoms with Crippen molar-refractivity contribution in [2.45, 2.75) is 25.6 Å². The lowest BCUT2D eigenvalue weighted by atomic mass is 10.1. The van der Waals surface area contributed by atoms with Crippen LogP contribution in [-0.2, 0) is 11.3 Å². The highest BCUT2D eigenvalue weighted by Crippen LogP contribution is 2.22. The summed E-state index contributed by atoms with van der Waals surface area (Å²) in [5.41, 5.74) is 6.50. The fourth-order valence-electron chi connectivity index (χ4n) is 2.27. The molecule has 1 saturated heterocycles. The fourth-order valence-corrected chi connectivity index (χ4v) is 2.27. The summed E-state index contributed by atoms with van der Waals surface area (Å²) < 4.78 is 24.7. The third-order valence-electron chi connectivity index (χ3n) is 3.42. The number of methoxy groups -OCH3 is 1. The highest BCUT2D eigenvalue weighted by Gasteiger charge is 2.24. The van der Waals surface area contributed by atoms with Gasteiger partial charge in [0.15, 0.2) is 11.6 Å². The van der Waals surface area contributed by atoms with E-state index in [1.807, 2.05) is 6.92 Å². The maximum Gasteiger partial charge on any atom is 0.169 e. The summed E-state index contributed by atoms with van der Waals surface area (Å²) in [5.74, 6) is 0.00309. The third-order valence-corrected chi connectivity index (χ3v) is 3.42. The molecule has 0 amide bonds. The second kappa shape index (κ2) is 6.32. The van der Waals surface area contributed by atoms with Gasteiger partial charge in [0, 0.05) is 31.2 Å². The molecule has 106 valence electrons. The van der Waals surface area contributed by atoms with E-state index in [-0.39, 0.29) is 23.7 Å². The molecule has 1 aliphatic heterocycles. The number of benzene rings is 1. The first kappa shape index (κ1) is 14.2. The van der Waals surface area contributed by atoms with Crippen molar-refractivity contribution in [3.8, 4) is 5.75 Å². The van der Waals surface area contributed by atoms with Crippen LogP contribution in [0.1, 0.15) is 12.5 Å². The Morgan fingerprint density at radius 3 is 3.05 bits per heavy atom. The van der Waals surface area contributed by atoms with Gasteiger partial charge >= 0.3 is 0 Å². The predicted octanol–water partition coefficient (Wildman–Crippen LogP) is 1.38. The van der Waals surface area contributed by atoms with Crippen LogP contribution in [0.4, 0.5) is 4.39 Å². The first-order valence-corrected chi connectivity index (χ1v) is 6.52. The number of rotatable bonds is 4. The summed E-state index contributed by atoms with van der Waals surface area (Å²) in [6, 6.07) is 5.20. The van der Waals surface area contributed by atoms with E-state index in [1.54, 1.807) is 18.2 Å². The smallest absolute Gasteiger partial charge is 0.169 e. The average molecular weight is 268 g/mol. The van der Waals surface area contributed by atoms with E-state index in [1.165, 1.54) is 7.11 Å². The van der Waals surface area contributed by atoms with Gasteiger partial charge in [-0.05, 0) is 13.0 Å². The van der Waals surface area contributed by atoms with Gasteiger partial charge in [-0.2, -0.15) is 0 Å². The molecule has 2 N–H and O–H groups in total. The van der Waals surface area contributed by atoms with Crippen molar-refractivity contribution in [3.63, 3.8) is 0 Å². The quantitative estimate of drug-likeness (QED) is 0.896. The summed E-state index contributed by atoms with van der Waals surface area (Å²) in [6.45, 7) is 4.64. The summed E-state index contributed by atoms with van der Waals surface area (Å²) in [5, 5.41) is 0. The fraction of sp³-hybridized carbons (Fsp3) is 0.571. The van der Waals surface area contributed by atoms with Crippen molar-refractivity contribution >= 4 is 0 Å². The van der Waals surface area contributed by atoms with Gasteiger partial charge < -0.3 is 15.2 Å². The molecule has 1 heterocycles. The van der Waals surface area contributed by atoms with E-state index in [2.05, 4.69) is 4.90 Å². The largest absolute Gasteiger partial charge is 0.494 e. The van der Waals surface area contributed by atoms with Gasteiger partial charge in [-0.1, -0.05) is 12.1 Å². The predicted molar refractivity (Wildman–Crippen MR) is 71.6 cm³/mol. The molecule has 0 radical (unpaired) electrons. The van der Waals surface area contributed by atoms with E-state index in [9.17, 15) is 4.39 Å². The molecule has 1 aliphatic rings. The summed E-state index contributed by atoms with van der Waals surface area (Å²) in [7, 11) is 1.48. The minimum Gasteiger partial charge on any atom is -0.494 e. The highest BCUT2D eigenvalue weighted by atomic mass is 19.1. The number of hydrogen-bond acceptors (Lipinski definition) is 4. The summed E-state index contributed by atoms with van der Waals surface area (Å²) >= 11 is 0. The molecular formula is C14H21FN2O2. The Labute approximate surface area is 113 Å².